The van der Waals surface area contributed by atoms with Crippen LogP contribution in [-0.4, -0.2) is 103 Å². The van der Waals surface area contributed by atoms with E-state index < -0.39 is 76.9 Å². The molecular formula is C40H77NO14S2. The molecule has 0 aliphatic carbocycles. The molecule has 0 aromatic heterocycles. The summed E-state index contributed by atoms with van der Waals surface area (Å²) in [5, 5.41) is 34.2. The summed E-state index contributed by atoms with van der Waals surface area (Å²) in [5.74, 6) is -0.365. The molecule has 1 amide bonds. The number of rotatable bonds is 37. The summed E-state index contributed by atoms with van der Waals surface area (Å²) >= 11 is 0. The topological polar surface area (TPSA) is 235 Å². The Morgan fingerprint density at radius 2 is 1.11 bits per heavy atom. The largest absolute Gasteiger partial charge is 0.397 e. The molecule has 6 N–H and O–H groups in total. The molecule has 1 aliphatic rings. The van der Waals surface area contributed by atoms with Gasteiger partial charge in [-0.2, -0.15) is 16.8 Å². The first-order chi connectivity index (χ1) is 27.2. The Hall–Kier alpha value is -1.25. The van der Waals surface area contributed by atoms with Crippen LogP contribution < -0.4 is 5.32 Å². The van der Waals surface area contributed by atoms with Gasteiger partial charge in [-0.3, -0.25) is 13.9 Å². The third kappa shape index (κ3) is 28.0. The Balaban J connectivity index is 2.80. The standard InChI is InChI=1S/C40H77NO14S2/c1-3-5-7-9-11-13-15-17-19-21-23-25-27-29-34(43)33(41-36(44)30-28-26-24-22-20-18-16-14-12-10-8-6-4-2)32-52-40-39(55-57(49,50)51)38(54-56(46,47)48)37(45)35(31-42)53-40/h27,29,33-35,37-40,42-43,45H,3-26,28,30-32H2,1-2H3,(H,41,44)(H,46,47,48)(H,49,50,51)/b29-27+/t33-,34+,35-,37+,38-,39-,40+/m0/s1. The molecule has 0 saturated carbocycles. The molecule has 57 heavy (non-hydrogen) atoms. The molecule has 1 rings (SSSR count). The van der Waals surface area contributed by atoms with E-state index in [2.05, 4.69) is 27.5 Å². The monoisotopic (exact) mass is 859 g/mol. The van der Waals surface area contributed by atoms with E-state index in [4.69, 9.17) is 9.47 Å². The molecule has 338 valence electrons. The number of amides is 1. The minimum absolute atomic E-state index is 0.181. The van der Waals surface area contributed by atoms with Gasteiger partial charge < -0.3 is 30.1 Å². The zero-order chi connectivity index (χ0) is 42.4. The number of allylic oxidation sites excluding steroid dienone is 1. The smallest absolute Gasteiger partial charge is 0.394 e. The highest BCUT2D eigenvalue weighted by Crippen LogP contribution is 2.29. The molecule has 1 saturated heterocycles. The number of aliphatic hydroxyl groups excluding tert-OH is 3. The quantitative estimate of drug-likeness (QED) is 0.0209. The maximum Gasteiger partial charge on any atom is 0.397 e. The molecule has 1 fully saturated rings. The van der Waals surface area contributed by atoms with Crippen LogP contribution in [0.25, 0.3) is 0 Å². The zero-order valence-electron chi connectivity index (χ0n) is 34.7. The van der Waals surface area contributed by atoms with Gasteiger partial charge in [0.1, 0.15) is 18.3 Å². The van der Waals surface area contributed by atoms with Crippen molar-refractivity contribution < 1.29 is 63.9 Å². The van der Waals surface area contributed by atoms with Crippen LogP contribution in [0.1, 0.15) is 181 Å². The highest BCUT2D eigenvalue weighted by atomic mass is 32.3. The fourth-order valence-electron chi connectivity index (χ4n) is 6.97. The predicted octanol–water partition coefficient (Wildman–Crippen LogP) is 7.04. The SMILES string of the molecule is CCCCCCCCCCCCC/C=C/[C@@H](O)[C@H](CO[C@@H]1O[C@@H](CO)[C@@H](O)[C@H](OS(=O)(=O)O)[C@@H]1OS(=O)(=O)O)NC(=O)CCCCCCCCCCCCCCC. The van der Waals surface area contributed by atoms with E-state index in [0.717, 1.165) is 44.9 Å². The van der Waals surface area contributed by atoms with Gasteiger partial charge in [-0.05, 0) is 19.3 Å². The molecule has 0 bridgehead atoms. The van der Waals surface area contributed by atoms with E-state index in [9.17, 15) is 46.1 Å². The van der Waals surface area contributed by atoms with Crippen LogP contribution in [0, 0.1) is 0 Å². The summed E-state index contributed by atoms with van der Waals surface area (Å²) in [6.07, 6.45) is 21.0. The van der Waals surface area contributed by atoms with E-state index in [-0.39, 0.29) is 12.3 Å². The van der Waals surface area contributed by atoms with E-state index in [0.29, 0.717) is 12.8 Å². The lowest BCUT2D eigenvalue weighted by atomic mass is 9.99. The van der Waals surface area contributed by atoms with Crippen molar-refractivity contribution in [3.05, 3.63) is 12.2 Å². The second-order valence-corrected chi connectivity index (χ2v) is 17.5. The number of ether oxygens (including phenoxy) is 2. The van der Waals surface area contributed by atoms with Crippen molar-refractivity contribution >= 4 is 26.7 Å². The lowest BCUT2D eigenvalue weighted by molar-refractivity contribution is -0.293. The van der Waals surface area contributed by atoms with Crippen molar-refractivity contribution in [2.24, 2.45) is 0 Å². The van der Waals surface area contributed by atoms with E-state index in [1.165, 1.54) is 109 Å². The third-order valence-corrected chi connectivity index (χ3v) is 11.2. The average Bonchev–Trinajstić information content (AvgIpc) is 3.14. The van der Waals surface area contributed by atoms with Crippen molar-refractivity contribution in [1.29, 1.82) is 0 Å². The molecule has 0 spiro atoms. The van der Waals surface area contributed by atoms with Crippen molar-refractivity contribution in [1.82, 2.24) is 5.32 Å². The Labute approximate surface area is 344 Å². The van der Waals surface area contributed by atoms with Gasteiger partial charge in [-0.25, -0.2) is 8.37 Å². The summed E-state index contributed by atoms with van der Waals surface area (Å²) in [6.45, 7) is 2.97. The molecule has 0 radical (unpaired) electrons. The molecule has 0 unspecified atom stereocenters. The van der Waals surface area contributed by atoms with Crippen LogP contribution in [-0.2, 0) is 43.4 Å². The molecule has 15 nitrogen and oxygen atoms in total. The Morgan fingerprint density at radius 3 is 1.54 bits per heavy atom. The Morgan fingerprint density at radius 1 is 0.684 bits per heavy atom. The van der Waals surface area contributed by atoms with E-state index in [1.807, 2.05) is 0 Å². The van der Waals surface area contributed by atoms with Crippen LogP contribution in [0.4, 0.5) is 0 Å². The summed E-state index contributed by atoms with van der Waals surface area (Å²) in [7, 11) is -10.7. The van der Waals surface area contributed by atoms with Gasteiger partial charge in [0.15, 0.2) is 12.4 Å². The van der Waals surface area contributed by atoms with Gasteiger partial charge in [0.05, 0.1) is 25.4 Å². The fourth-order valence-corrected chi connectivity index (χ4v) is 7.96. The number of aliphatic hydroxyl groups is 3. The summed E-state index contributed by atoms with van der Waals surface area (Å²) in [4.78, 5) is 13.1. The number of unbranched alkanes of at least 4 members (excludes halogenated alkanes) is 23. The first kappa shape index (κ1) is 53.8. The number of hydrogen-bond donors (Lipinski definition) is 6. The number of carbonyl (C=O) groups is 1. The zero-order valence-corrected chi connectivity index (χ0v) is 36.4. The maximum absolute atomic E-state index is 13.1. The van der Waals surface area contributed by atoms with Gasteiger partial charge in [0.25, 0.3) is 0 Å². The molecule has 7 atom stereocenters. The first-order valence-electron chi connectivity index (χ1n) is 21.7. The van der Waals surface area contributed by atoms with Crippen molar-refractivity contribution in [2.75, 3.05) is 13.2 Å². The van der Waals surface area contributed by atoms with Gasteiger partial charge >= 0.3 is 20.8 Å². The van der Waals surface area contributed by atoms with Gasteiger partial charge in [-0.1, -0.05) is 167 Å². The third-order valence-electron chi connectivity index (χ3n) is 10.3. The predicted molar refractivity (Wildman–Crippen MR) is 219 cm³/mol. The average molecular weight is 860 g/mol. The lowest BCUT2D eigenvalue weighted by Gasteiger charge is -2.42. The molecule has 1 aliphatic heterocycles. The van der Waals surface area contributed by atoms with Crippen molar-refractivity contribution in [2.45, 2.75) is 224 Å². The molecule has 1 heterocycles. The van der Waals surface area contributed by atoms with Crippen LogP contribution in [0.15, 0.2) is 12.2 Å². The van der Waals surface area contributed by atoms with Crippen LogP contribution in [0.5, 0.6) is 0 Å². The van der Waals surface area contributed by atoms with E-state index in [1.54, 1.807) is 6.08 Å². The molecular weight excluding hydrogens is 783 g/mol. The maximum atomic E-state index is 13.1. The van der Waals surface area contributed by atoms with Crippen LogP contribution in [0.3, 0.4) is 0 Å². The summed E-state index contributed by atoms with van der Waals surface area (Å²) in [6, 6.07) is -1.11. The van der Waals surface area contributed by atoms with Gasteiger partial charge in [0, 0.05) is 6.42 Å². The van der Waals surface area contributed by atoms with E-state index >= 15 is 0 Å². The Kier molecular flexibility index (Phi) is 30.7. The highest BCUT2D eigenvalue weighted by molar-refractivity contribution is 7.81. The fraction of sp³-hybridized carbons (Fsp3) is 0.925. The highest BCUT2D eigenvalue weighted by Gasteiger charge is 2.51. The molecule has 0 aromatic carbocycles. The number of carbonyl (C=O) groups excluding carboxylic acids is 1. The summed E-state index contributed by atoms with van der Waals surface area (Å²) < 4.78 is 85.3. The molecule has 17 heteroatoms. The van der Waals surface area contributed by atoms with Crippen molar-refractivity contribution in [3.8, 4) is 0 Å². The lowest BCUT2D eigenvalue weighted by Crippen LogP contribution is -2.62. The number of nitrogens with one attached hydrogen (secondary N) is 1. The normalized spacial score (nSPS) is 21.6. The second kappa shape index (κ2) is 32.5. The minimum Gasteiger partial charge on any atom is -0.394 e. The van der Waals surface area contributed by atoms with Crippen LogP contribution in [0.2, 0.25) is 0 Å². The Bertz CT molecular complexity index is 1250. The van der Waals surface area contributed by atoms with Gasteiger partial charge in [-0.15, -0.1) is 0 Å². The minimum atomic E-state index is -5.35. The van der Waals surface area contributed by atoms with Crippen LogP contribution >= 0.6 is 0 Å². The number of hydrogen-bond acceptors (Lipinski definition) is 12. The molecule has 0 aromatic rings. The summed E-state index contributed by atoms with van der Waals surface area (Å²) in [5.41, 5.74) is 0. The second-order valence-electron chi connectivity index (χ2n) is 15.4. The van der Waals surface area contributed by atoms with Crippen molar-refractivity contribution in [3.63, 3.8) is 0 Å². The van der Waals surface area contributed by atoms with Gasteiger partial charge in [0.2, 0.25) is 5.91 Å². The first-order valence-corrected chi connectivity index (χ1v) is 24.5.